The number of aromatic nitrogens is 1. The fraction of sp³-hybridized carbons (Fsp3) is 0.286. The quantitative estimate of drug-likeness (QED) is 0.914. The van der Waals surface area contributed by atoms with Crippen molar-refractivity contribution >= 4 is 17.5 Å². The van der Waals surface area contributed by atoms with Crippen molar-refractivity contribution < 1.29 is 9.21 Å². The fourth-order valence-corrected chi connectivity index (χ4v) is 1.96. The normalized spacial score (nSPS) is 10.4. The monoisotopic (exact) mass is 278 g/mol. The Morgan fingerprint density at radius 1 is 1.47 bits per heavy atom. The highest BCUT2D eigenvalue weighted by atomic mass is 35.5. The molecule has 19 heavy (non-hydrogen) atoms. The van der Waals surface area contributed by atoms with Crippen molar-refractivity contribution in [3.8, 4) is 0 Å². The predicted octanol–water partition coefficient (Wildman–Crippen LogP) is 2.54. The van der Waals surface area contributed by atoms with Gasteiger partial charge >= 0.3 is 0 Å². The maximum Gasteiger partial charge on any atom is 0.227 e. The number of rotatable bonds is 5. The SMILES string of the molecule is Cc1ncoc1CC(=O)NCCc1cccc(Cl)c1. The van der Waals surface area contributed by atoms with Crippen LogP contribution in [0, 0.1) is 6.92 Å². The smallest absolute Gasteiger partial charge is 0.227 e. The summed E-state index contributed by atoms with van der Waals surface area (Å²) in [4.78, 5) is 15.6. The molecule has 0 aliphatic heterocycles. The molecule has 0 radical (unpaired) electrons. The van der Waals surface area contributed by atoms with Crippen molar-refractivity contribution in [1.82, 2.24) is 10.3 Å². The summed E-state index contributed by atoms with van der Waals surface area (Å²) < 4.78 is 5.13. The van der Waals surface area contributed by atoms with Crippen LogP contribution in [0.4, 0.5) is 0 Å². The fourth-order valence-electron chi connectivity index (χ4n) is 1.74. The number of nitrogens with zero attached hydrogens (tertiary/aromatic N) is 1. The third kappa shape index (κ3) is 4.10. The van der Waals surface area contributed by atoms with Crippen LogP contribution in [0.1, 0.15) is 17.0 Å². The lowest BCUT2D eigenvalue weighted by Gasteiger charge is -2.05. The van der Waals surface area contributed by atoms with Crippen LogP contribution in [0.2, 0.25) is 5.02 Å². The van der Waals surface area contributed by atoms with E-state index in [2.05, 4.69) is 10.3 Å². The molecule has 1 amide bonds. The molecule has 100 valence electrons. The molecule has 0 saturated heterocycles. The number of aryl methyl sites for hydroxylation is 1. The van der Waals surface area contributed by atoms with Crippen LogP contribution in [0.5, 0.6) is 0 Å². The summed E-state index contributed by atoms with van der Waals surface area (Å²) in [5.74, 6) is 0.544. The van der Waals surface area contributed by atoms with Crippen LogP contribution in [0.15, 0.2) is 35.1 Å². The van der Waals surface area contributed by atoms with Crippen molar-refractivity contribution in [3.63, 3.8) is 0 Å². The summed E-state index contributed by atoms with van der Waals surface area (Å²) in [5, 5.41) is 3.56. The number of amides is 1. The zero-order valence-electron chi connectivity index (χ0n) is 10.6. The van der Waals surface area contributed by atoms with E-state index in [1.54, 1.807) is 0 Å². The number of hydrogen-bond donors (Lipinski definition) is 1. The average Bonchev–Trinajstić information content (AvgIpc) is 2.75. The maximum atomic E-state index is 11.7. The summed E-state index contributed by atoms with van der Waals surface area (Å²) in [6.45, 7) is 2.39. The lowest BCUT2D eigenvalue weighted by molar-refractivity contribution is -0.120. The van der Waals surface area contributed by atoms with Gasteiger partial charge in [0.2, 0.25) is 5.91 Å². The van der Waals surface area contributed by atoms with E-state index in [1.165, 1.54) is 6.39 Å². The molecular weight excluding hydrogens is 264 g/mol. The Morgan fingerprint density at radius 3 is 3.00 bits per heavy atom. The highest BCUT2D eigenvalue weighted by Gasteiger charge is 2.09. The Labute approximate surface area is 116 Å². The lowest BCUT2D eigenvalue weighted by Crippen LogP contribution is -2.27. The van der Waals surface area contributed by atoms with Gasteiger partial charge in [-0.2, -0.15) is 0 Å². The van der Waals surface area contributed by atoms with Crippen LogP contribution in [-0.4, -0.2) is 17.4 Å². The Hall–Kier alpha value is -1.81. The Balaban J connectivity index is 1.77. The molecule has 0 spiro atoms. The van der Waals surface area contributed by atoms with Gasteiger partial charge in [0.1, 0.15) is 5.76 Å². The lowest BCUT2D eigenvalue weighted by atomic mass is 10.1. The summed E-state index contributed by atoms with van der Waals surface area (Å²) in [6.07, 6.45) is 2.33. The highest BCUT2D eigenvalue weighted by Crippen LogP contribution is 2.10. The van der Waals surface area contributed by atoms with E-state index in [0.29, 0.717) is 17.3 Å². The van der Waals surface area contributed by atoms with Crippen LogP contribution in [0.25, 0.3) is 0 Å². The Bertz CT molecular complexity index is 566. The first-order chi connectivity index (χ1) is 9.15. The molecule has 2 aromatic rings. The zero-order valence-corrected chi connectivity index (χ0v) is 11.4. The summed E-state index contributed by atoms with van der Waals surface area (Å²) in [7, 11) is 0. The van der Waals surface area contributed by atoms with Crippen molar-refractivity contribution in [2.45, 2.75) is 19.8 Å². The van der Waals surface area contributed by atoms with Crippen molar-refractivity contribution in [1.29, 1.82) is 0 Å². The number of hydrogen-bond acceptors (Lipinski definition) is 3. The first-order valence-corrected chi connectivity index (χ1v) is 6.43. The molecule has 0 aliphatic carbocycles. The minimum atomic E-state index is -0.0677. The number of halogens is 1. The molecule has 0 bridgehead atoms. The summed E-state index contributed by atoms with van der Waals surface area (Å²) in [6, 6.07) is 7.61. The molecule has 0 saturated carbocycles. The van der Waals surface area contributed by atoms with E-state index >= 15 is 0 Å². The van der Waals surface area contributed by atoms with Crippen molar-refractivity contribution in [2.24, 2.45) is 0 Å². The molecule has 1 aromatic heterocycles. The van der Waals surface area contributed by atoms with Gasteiger partial charge in [0.15, 0.2) is 6.39 Å². The molecule has 5 heteroatoms. The molecule has 0 atom stereocenters. The van der Waals surface area contributed by atoms with Crippen LogP contribution in [-0.2, 0) is 17.6 Å². The Kier molecular flexibility index (Phi) is 4.58. The maximum absolute atomic E-state index is 11.7. The zero-order chi connectivity index (χ0) is 13.7. The van der Waals surface area contributed by atoms with E-state index in [9.17, 15) is 4.79 Å². The molecule has 0 fully saturated rings. The van der Waals surface area contributed by atoms with E-state index in [-0.39, 0.29) is 12.3 Å². The molecule has 0 aliphatic rings. The number of carbonyl (C=O) groups is 1. The molecule has 0 unspecified atom stereocenters. The molecule has 4 nitrogen and oxygen atoms in total. The van der Waals surface area contributed by atoms with Gasteiger partial charge in [-0.15, -0.1) is 0 Å². The second-order valence-corrected chi connectivity index (χ2v) is 4.70. The standard InChI is InChI=1S/C14H15ClN2O2/c1-10-13(19-9-17-10)8-14(18)16-6-5-11-3-2-4-12(15)7-11/h2-4,7,9H,5-6,8H2,1H3,(H,16,18). The molecule has 1 N–H and O–H groups in total. The van der Waals surface area contributed by atoms with Crippen LogP contribution < -0.4 is 5.32 Å². The van der Waals surface area contributed by atoms with E-state index < -0.39 is 0 Å². The van der Waals surface area contributed by atoms with E-state index in [4.69, 9.17) is 16.0 Å². The van der Waals surface area contributed by atoms with Crippen LogP contribution in [0.3, 0.4) is 0 Å². The number of nitrogens with one attached hydrogen (secondary N) is 1. The third-order valence-electron chi connectivity index (χ3n) is 2.79. The summed E-state index contributed by atoms with van der Waals surface area (Å²) >= 11 is 5.89. The molecule has 1 aromatic carbocycles. The second-order valence-electron chi connectivity index (χ2n) is 4.27. The third-order valence-corrected chi connectivity index (χ3v) is 3.03. The minimum Gasteiger partial charge on any atom is -0.448 e. The highest BCUT2D eigenvalue weighted by molar-refractivity contribution is 6.30. The van der Waals surface area contributed by atoms with Gasteiger partial charge in [-0.25, -0.2) is 4.98 Å². The van der Waals surface area contributed by atoms with Gasteiger partial charge in [0.05, 0.1) is 12.1 Å². The predicted molar refractivity (Wildman–Crippen MR) is 73.1 cm³/mol. The van der Waals surface area contributed by atoms with E-state index in [0.717, 1.165) is 17.7 Å². The van der Waals surface area contributed by atoms with Crippen molar-refractivity contribution in [3.05, 3.63) is 52.7 Å². The van der Waals surface area contributed by atoms with Crippen LogP contribution >= 0.6 is 11.6 Å². The van der Waals surface area contributed by atoms with Gasteiger partial charge < -0.3 is 9.73 Å². The molecular formula is C14H15ClN2O2. The van der Waals surface area contributed by atoms with E-state index in [1.807, 2.05) is 31.2 Å². The van der Waals surface area contributed by atoms with Crippen molar-refractivity contribution in [2.75, 3.05) is 6.54 Å². The van der Waals surface area contributed by atoms with Gasteiger partial charge in [0.25, 0.3) is 0 Å². The summed E-state index contributed by atoms with van der Waals surface area (Å²) in [5.41, 5.74) is 1.86. The number of oxazole rings is 1. The van der Waals surface area contributed by atoms with Gasteiger partial charge in [-0.1, -0.05) is 23.7 Å². The second kappa shape index (κ2) is 6.38. The first-order valence-electron chi connectivity index (χ1n) is 6.05. The van der Waals surface area contributed by atoms with Gasteiger partial charge in [-0.05, 0) is 31.0 Å². The number of benzene rings is 1. The van der Waals surface area contributed by atoms with Gasteiger partial charge in [-0.3, -0.25) is 4.79 Å². The minimum absolute atomic E-state index is 0.0677. The average molecular weight is 279 g/mol. The Morgan fingerprint density at radius 2 is 2.32 bits per heavy atom. The van der Waals surface area contributed by atoms with Gasteiger partial charge in [0, 0.05) is 11.6 Å². The largest absolute Gasteiger partial charge is 0.448 e. The molecule has 2 rings (SSSR count). The molecule has 1 heterocycles. The topological polar surface area (TPSA) is 55.1 Å². The number of carbonyl (C=O) groups excluding carboxylic acids is 1. The first kappa shape index (κ1) is 13.6.